The molecule has 0 bridgehead atoms. The number of ether oxygens (including phenoxy) is 1. The average Bonchev–Trinajstić information content (AvgIpc) is 2.86. The van der Waals surface area contributed by atoms with Crippen LogP contribution in [0.15, 0.2) is 35.7 Å². The summed E-state index contributed by atoms with van der Waals surface area (Å²) in [6.07, 6.45) is 1.66. The summed E-state index contributed by atoms with van der Waals surface area (Å²) in [4.78, 5) is 0. The number of aliphatic hydroxyl groups excluding tert-OH is 1. The van der Waals surface area contributed by atoms with Gasteiger partial charge in [0, 0.05) is 16.2 Å². The first-order chi connectivity index (χ1) is 9.72. The Bertz CT molecular complexity index is 595. The van der Waals surface area contributed by atoms with Crippen molar-refractivity contribution < 1.29 is 9.84 Å². The van der Waals surface area contributed by atoms with Gasteiger partial charge in [0.25, 0.3) is 0 Å². The summed E-state index contributed by atoms with van der Waals surface area (Å²) in [7, 11) is 0. The molecule has 1 fully saturated rings. The molecule has 0 atom stereocenters. The van der Waals surface area contributed by atoms with Gasteiger partial charge in [0.2, 0.25) is 0 Å². The molecule has 0 radical (unpaired) electrons. The Morgan fingerprint density at radius 1 is 1.45 bits per heavy atom. The molecule has 0 amide bonds. The van der Waals surface area contributed by atoms with Gasteiger partial charge in [-0.3, -0.25) is 4.57 Å². The Morgan fingerprint density at radius 2 is 2.30 bits per heavy atom. The third-order valence-corrected chi connectivity index (χ3v) is 4.79. The van der Waals surface area contributed by atoms with E-state index < -0.39 is 0 Å². The standard InChI is InChI=1S/C13H14ClN3O2S/c14-10-2-1-3-11(4-10)17-9-15-16-12(17)20-8-13(5-18)6-19-7-13/h1-4,9,18H,5-8H2. The number of hydrogen-bond donors (Lipinski definition) is 1. The molecule has 1 aromatic heterocycles. The fraction of sp³-hybridized carbons (Fsp3) is 0.385. The average molecular weight is 312 g/mol. The van der Waals surface area contributed by atoms with E-state index in [2.05, 4.69) is 10.2 Å². The van der Waals surface area contributed by atoms with Gasteiger partial charge in [-0.15, -0.1) is 10.2 Å². The minimum absolute atomic E-state index is 0.130. The van der Waals surface area contributed by atoms with Gasteiger partial charge >= 0.3 is 0 Å². The smallest absolute Gasteiger partial charge is 0.195 e. The fourth-order valence-corrected chi connectivity index (χ4v) is 3.23. The van der Waals surface area contributed by atoms with Crippen LogP contribution in [0.25, 0.3) is 5.69 Å². The molecule has 1 aliphatic rings. The van der Waals surface area contributed by atoms with Gasteiger partial charge in [0.05, 0.1) is 25.5 Å². The lowest BCUT2D eigenvalue weighted by Crippen LogP contribution is -2.47. The van der Waals surface area contributed by atoms with Crippen molar-refractivity contribution in [3.05, 3.63) is 35.6 Å². The summed E-state index contributed by atoms with van der Waals surface area (Å²) < 4.78 is 7.09. The lowest BCUT2D eigenvalue weighted by Gasteiger charge is -2.39. The van der Waals surface area contributed by atoms with Gasteiger partial charge in [0.15, 0.2) is 5.16 Å². The molecule has 7 heteroatoms. The van der Waals surface area contributed by atoms with Crippen LogP contribution in [-0.2, 0) is 4.74 Å². The Hall–Kier alpha value is -1.08. The van der Waals surface area contributed by atoms with E-state index in [4.69, 9.17) is 16.3 Å². The van der Waals surface area contributed by atoms with E-state index in [0.29, 0.717) is 18.2 Å². The Labute approximate surface area is 125 Å². The van der Waals surface area contributed by atoms with Crippen LogP contribution in [-0.4, -0.2) is 45.4 Å². The van der Waals surface area contributed by atoms with Crippen LogP contribution in [0.4, 0.5) is 0 Å². The number of aromatic nitrogens is 3. The molecule has 2 aromatic rings. The quantitative estimate of drug-likeness (QED) is 0.856. The number of benzene rings is 1. The second kappa shape index (κ2) is 5.73. The summed E-state index contributed by atoms with van der Waals surface area (Å²) >= 11 is 7.58. The van der Waals surface area contributed by atoms with E-state index in [1.807, 2.05) is 28.8 Å². The van der Waals surface area contributed by atoms with Crippen molar-refractivity contribution in [1.82, 2.24) is 14.8 Å². The van der Waals surface area contributed by atoms with Crippen LogP contribution in [0.1, 0.15) is 0 Å². The second-order valence-corrected chi connectivity index (χ2v) is 6.28. The molecule has 1 aliphatic heterocycles. The molecular weight excluding hydrogens is 298 g/mol. The predicted octanol–water partition coefficient (Wildman–Crippen LogP) is 2.02. The molecule has 0 aliphatic carbocycles. The highest BCUT2D eigenvalue weighted by Crippen LogP contribution is 2.34. The molecule has 2 heterocycles. The molecular formula is C13H14ClN3O2S. The third kappa shape index (κ3) is 2.69. The van der Waals surface area contributed by atoms with Crippen molar-refractivity contribution in [2.45, 2.75) is 5.16 Å². The number of thioether (sulfide) groups is 1. The molecule has 1 saturated heterocycles. The molecule has 0 unspecified atom stereocenters. The predicted molar refractivity (Wildman–Crippen MR) is 77.4 cm³/mol. The molecule has 106 valence electrons. The summed E-state index contributed by atoms with van der Waals surface area (Å²) in [5, 5.41) is 19.0. The number of aliphatic hydroxyl groups is 1. The molecule has 0 saturated carbocycles. The normalized spacial score (nSPS) is 16.9. The summed E-state index contributed by atoms with van der Waals surface area (Å²) in [6.45, 7) is 1.33. The highest BCUT2D eigenvalue weighted by atomic mass is 35.5. The number of halogens is 1. The number of rotatable bonds is 5. The maximum absolute atomic E-state index is 9.43. The molecule has 20 heavy (non-hydrogen) atoms. The van der Waals surface area contributed by atoms with Crippen LogP contribution < -0.4 is 0 Å². The van der Waals surface area contributed by atoms with E-state index >= 15 is 0 Å². The fourth-order valence-electron chi connectivity index (χ4n) is 1.95. The van der Waals surface area contributed by atoms with Gasteiger partial charge in [-0.25, -0.2) is 0 Å². The highest BCUT2D eigenvalue weighted by Gasteiger charge is 2.38. The SMILES string of the molecule is OCC1(CSc2nncn2-c2cccc(Cl)c2)COC1. The summed E-state index contributed by atoms with van der Waals surface area (Å²) in [5.74, 6) is 0.753. The van der Waals surface area contributed by atoms with Gasteiger partial charge in [-0.1, -0.05) is 29.4 Å². The molecule has 3 rings (SSSR count). The molecule has 0 spiro atoms. The Kier molecular flexibility index (Phi) is 3.98. The largest absolute Gasteiger partial charge is 0.396 e. The third-order valence-electron chi connectivity index (χ3n) is 3.26. The van der Waals surface area contributed by atoms with Gasteiger partial charge in [-0.2, -0.15) is 0 Å². The molecule has 5 nitrogen and oxygen atoms in total. The van der Waals surface area contributed by atoms with E-state index in [-0.39, 0.29) is 12.0 Å². The van der Waals surface area contributed by atoms with Crippen molar-refractivity contribution in [3.63, 3.8) is 0 Å². The van der Waals surface area contributed by atoms with Gasteiger partial charge in [0.1, 0.15) is 6.33 Å². The van der Waals surface area contributed by atoms with Crippen LogP contribution >= 0.6 is 23.4 Å². The molecule has 1 aromatic carbocycles. The van der Waals surface area contributed by atoms with Gasteiger partial charge < -0.3 is 9.84 Å². The van der Waals surface area contributed by atoms with Crippen molar-refractivity contribution >= 4 is 23.4 Å². The monoisotopic (exact) mass is 311 g/mol. The first-order valence-corrected chi connectivity index (χ1v) is 7.56. The zero-order valence-corrected chi connectivity index (χ0v) is 12.3. The van der Waals surface area contributed by atoms with E-state index in [1.165, 1.54) is 0 Å². The minimum atomic E-state index is -0.143. The van der Waals surface area contributed by atoms with Crippen molar-refractivity contribution in [3.8, 4) is 5.69 Å². The van der Waals surface area contributed by atoms with Crippen LogP contribution in [0.5, 0.6) is 0 Å². The first-order valence-electron chi connectivity index (χ1n) is 6.20. The van der Waals surface area contributed by atoms with Crippen molar-refractivity contribution in [1.29, 1.82) is 0 Å². The Balaban J connectivity index is 1.77. The molecule has 1 N–H and O–H groups in total. The van der Waals surface area contributed by atoms with Crippen LogP contribution in [0, 0.1) is 5.41 Å². The van der Waals surface area contributed by atoms with Crippen LogP contribution in [0.3, 0.4) is 0 Å². The highest BCUT2D eigenvalue weighted by molar-refractivity contribution is 7.99. The topological polar surface area (TPSA) is 60.2 Å². The first kappa shape index (κ1) is 13.9. The second-order valence-electron chi connectivity index (χ2n) is 4.90. The zero-order chi connectivity index (χ0) is 14.0. The van der Waals surface area contributed by atoms with Gasteiger partial charge in [-0.05, 0) is 18.2 Å². The lowest BCUT2D eigenvalue weighted by atomic mass is 9.90. The van der Waals surface area contributed by atoms with E-state index in [0.717, 1.165) is 16.6 Å². The van der Waals surface area contributed by atoms with Crippen molar-refractivity contribution in [2.75, 3.05) is 25.6 Å². The van der Waals surface area contributed by atoms with Crippen molar-refractivity contribution in [2.24, 2.45) is 5.41 Å². The maximum atomic E-state index is 9.43. The summed E-state index contributed by atoms with van der Waals surface area (Å²) in [6, 6.07) is 7.53. The summed E-state index contributed by atoms with van der Waals surface area (Å²) in [5.41, 5.74) is 0.781. The number of nitrogens with zero attached hydrogens (tertiary/aromatic N) is 3. The van der Waals surface area contributed by atoms with E-state index in [1.54, 1.807) is 18.1 Å². The van der Waals surface area contributed by atoms with Crippen LogP contribution in [0.2, 0.25) is 5.02 Å². The van der Waals surface area contributed by atoms with E-state index in [9.17, 15) is 5.11 Å². The Morgan fingerprint density at radius 3 is 2.95 bits per heavy atom. The number of hydrogen-bond acceptors (Lipinski definition) is 5. The maximum Gasteiger partial charge on any atom is 0.195 e. The minimum Gasteiger partial charge on any atom is -0.396 e. The lowest BCUT2D eigenvalue weighted by molar-refractivity contribution is -0.121. The zero-order valence-electron chi connectivity index (χ0n) is 10.7.